The first-order valence-corrected chi connectivity index (χ1v) is 8.38. The van der Waals surface area contributed by atoms with Gasteiger partial charge >= 0.3 is 5.69 Å². The molecule has 3 rings (SSSR count). The number of aromatic nitrogens is 3. The number of nitro groups is 1. The second-order valence-electron chi connectivity index (χ2n) is 6.15. The van der Waals surface area contributed by atoms with Crippen molar-refractivity contribution in [1.82, 2.24) is 13.7 Å². The number of rotatable bonds is 1. The summed E-state index contributed by atoms with van der Waals surface area (Å²) in [5.41, 5.74) is 4.06. The van der Waals surface area contributed by atoms with Crippen LogP contribution in [0.25, 0.3) is 0 Å². The summed E-state index contributed by atoms with van der Waals surface area (Å²) in [7, 11) is 4.56. The molecule has 13 nitrogen and oxygen atoms in total. The van der Waals surface area contributed by atoms with Crippen LogP contribution in [-0.4, -0.2) is 33.9 Å². The van der Waals surface area contributed by atoms with Crippen molar-refractivity contribution in [2.45, 2.75) is 0 Å². The van der Waals surface area contributed by atoms with E-state index in [4.69, 9.17) is 21.1 Å². The number of aromatic hydroxyl groups is 3. The Hall–Kier alpha value is -4.55. The van der Waals surface area contributed by atoms with E-state index in [0.717, 1.165) is 22.9 Å². The van der Waals surface area contributed by atoms with Crippen molar-refractivity contribution in [3.63, 3.8) is 0 Å². The van der Waals surface area contributed by atoms with Gasteiger partial charge in [0.05, 0.1) is 22.9 Å². The molecule has 0 bridgehead atoms. The van der Waals surface area contributed by atoms with Crippen molar-refractivity contribution in [3.05, 3.63) is 84.0 Å². The van der Waals surface area contributed by atoms with Gasteiger partial charge in [-0.1, -0.05) is 0 Å². The topological polar surface area (TPSA) is 196 Å². The molecule has 0 radical (unpaired) electrons. The molecule has 0 aliphatic carbocycles. The number of anilines is 1. The molecule has 166 valence electrons. The Morgan fingerprint density at radius 2 is 1.32 bits per heavy atom. The summed E-state index contributed by atoms with van der Waals surface area (Å²) in [6, 6.07) is 4.51. The number of pyridine rings is 3. The normalized spacial score (nSPS) is 9.65. The van der Waals surface area contributed by atoms with E-state index in [0.29, 0.717) is 0 Å². The Labute approximate surface area is 174 Å². The fourth-order valence-corrected chi connectivity index (χ4v) is 1.93. The lowest BCUT2D eigenvalue weighted by Crippen LogP contribution is -2.14. The average Bonchev–Trinajstić information content (AvgIpc) is 2.67. The van der Waals surface area contributed by atoms with Crippen LogP contribution in [0.1, 0.15) is 0 Å². The minimum absolute atomic E-state index is 0.0121. The second-order valence-corrected chi connectivity index (χ2v) is 6.15. The van der Waals surface area contributed by atoms with E-state index in [1.807, 2.05) is 0 Å². The van der Waals surface area contributed by atoms with Crippen LogP contribution in [0.4, 0.5) is 11.4 Å². The Bertz CT molecular complexity index is 1260. The summed E-state index contributed by atoms with van der Waals surface area (Å²) in [4.78, 5) is 41.6. The van der Waals surface area contributed by atoms with Gasteiger partial charge in [-0.05, 0) is 6.07 Å². The van der Waals surface area contributed by atoms with Gasteiger partial charge in [0.2, 0.25) is 5.75 Å². The molecule has 0 aromatic carbocycles. The molecule has 31 heavy (non-hydrogen) atoms. The van der Waals surface area contributed by atoms with E-state index in [1.165, 1.54) is 40.7 Å². The van der Waals surface area contributed by atoms with E-state index in [2.05, 4.69) is 0 Å². The van der Waals surface area contributed by atoms with Crippen molar-refractivity contribution in [2.24, 2.45) is 21.1 Å². The van der Waals surface area contributed by atoms with Crippen molar-refractivity contribution in [3.8, 4) is 17.2 Å². The van der Waals surface area contributed by atoms with Gasteiger partial charge in [-0.3, -0.25) is 24.5 Å². The number of nitrogen functional groups attached to an aromatic ring is 1. The lowest BCUT2D eigenvalue weighted by atomic mass is 10.4. The largest absolute Gasteiger partial charge is 0.508 e. The van der Waals surface area contributed by atoms with E-state index < -0.39 is 21.9 Å². The molecule has 0 aliphatic heterocycles. The first-order chi connectivity index (χ1) is 14.3. The van der Waals surface area contributed by atoms with Crippen LogP contribution in [0, 0.1) is 10.1 Å². The molecule has 0 atom stereocenters. The highest BCUT2D eigenvalue weighted by Gasteiger charge is 2.13. The zero-order valence-electron chi connectivity index (χ0n) is 16.8. The Kier molecular flexibility index (Phi) is 8.13. The first-order valence-electron chi connectivity index (χ1n) is 8.38. The number of hydrogen-bond acceptors (Lipinski definition) is 9. The van der Waals surface area contributed by atoms with Crippen LogP contribution in [0.2, 0.25) is 0 Å². The third kappa shape index (κ3) is 7.08. The zero-order chi connectivity index (χ0) is 23.9. The number of hydrogen-bond donors (Lipinski definition) is 4. The van der Waals surface area contributed by atoms with Gasteiger partial charge in [0.1, 0.15) is 11.5 Å². The summed E-state index contributed by atoms with van der Waals surface area (Å²) in [6.45, 7) is 0. The first kappa shape index (κ1) is 24.5. The summed E-state index contributed by atoms with van der Waals surface area (Å²) >= 11 is 0. The van der Waals surface area contributed by atoms with Crippen molar-refractivity contribution >= 4 is 11.4 Å². The molecule has 0 saturated heterocycles. The fourth-order valence-electron chi connectivity index (χ4n) is 1.93. The van der Waals surface area contributed by atoms with Gasteiger partial charge < -0.3 is 34.8 Å². The van der Waals surface area contributed by atoms with E-state index in [9.17, 15) is 24.5 Å². The fraction of sp³-hybridized carbons (Fsp3) is 0.167. The highest BCUT2D eigenvalue weighted by atomic mass is 16.6. The molecule has 0 unspecified atom stereocenters. The predicted molar refractivity (Wildman–Crippen MR) is 111 cm³/mol. The Morgan fingerprint density at radius 3 is 1.77 bits per heavy atom. The summed E-state index contributed by atoms with van der Waals surface area (Å²) in [5.74, 6) is -0.760. The maximum absolute atomic E-state index is 10.8. The Morgan fingerprint density at radius 1 is 0.839 bits per heavy atom. The third-order valence-corrected chi connectivity index (χ3v) is 3.71. The number of nitrogens with two attached hydrogens (primary N) is 1. The zero-order valence-corrected chi connectivity index (χ0v) is 16.8. The summed E-state index contributed by atoms with van der Waals surface area (Å²) in [6.07, 6.45) is 3.85. The molecule has 3 aromatic rings. The van der Waals surface area contributed by atoms with E-state index in [1.54, 1.807) is 14.1 Å². The van der Waals surface area contributed by atoms with Gasteiger partial charge in [0, 0.05) is 45.7 Å². The Balaban J connectivity index is 0.000000235. The van der Waals surface area contributed by atoms with Gasteiger partial charge in [-0.15, -0.1) is 0 Å². The van der Waals surface area contributed by atoms with Crippen LogP contribution in [-0.2, 0) is 21.1 Å². The highest BCUT2D eigenvalue weighted by Crippen LogP contribution is 2.21. The van der Waals surface area contributed by atoms with Gasteiger partial charge in [0.15, 0.2) is 0 Å². The SMILES string of the molecule is Cn1cc(N)c(O)cc1=O.Cn1cc([N+](=O)[O-])c(O)cc1=O.Cn1ccc(O)cc1=O. The highest BCUT2D eigenvalue weighted by molar-refractivity contribution is 5.48. The molecule has 0 fully saturated rings. The second kappa shape index (κ2) is 10.3. The molecule has 0 spiro atoms. The monoisotopic (exact) mass is 435 g/mol. The van der Waals surface area contributed by atoms with Crippen LogP contribution in [0.15, 0.2) is 57.2 Å². The van der Waals surface area contributed by atoms with Crippen LogP contribution in [0.3, 0.4) is 0 Å². The summed E-state index contributed by atoms with van der Waals surface area (Å²) in [5, 5.41) is 36.8. The van der Waals surface area contributed by atoms with Gasteiger partial charge in [-0.25, -0.2) is 0 Å². The lowest BCUT2D eigenvalue weighted by molar-refractivity contribution is -0.386. The number of nitrogens with zero attached hydrogens (tertiary/aromatic N) is 4. The van der Waals surface area contributed by atoms with Crippen molar-refractivity contribution < 1.29 is 20.2 Å². The van der Waals surface area contributed by atoms with Crippen LogP contribution < -0.4 is 22.4 Å². The molecule has 0 saturated carbocycles. The van der Waals surface area contributed by atoms with Crippen molar-refractivity contribution in [1.29, 1.82) is 0 Å². The standard InChI is InChI=1S/C6H6N2O4.C6H8N2O2.C6H7NO2/c1-7-3-4(8(11)12)5(9)2-6(7)10;1-8-3-4(7)5(9)2-6(8)10;1-7-3-2-5(8)4-6(7)9/h2-3,9H,1H3;2-3,9H,7H2,1H3;2-4,8H,1H3. The molecule has 0 amide bonds. The molecule has 0 aliphatic rings. The van der Waals surface area contributed by atoms with Crippen molar-refractivity contribution in [2.75, 3.05) is 5.73 Å². The molecule has 5 N–H and O–H groups in total. The predicted octanol–water partition coefficient (Wildman–Crippen LogP) is -0.237. The minimum Gasteiger partial charge on any atom is -0.508 e. The third-order valence-electron chi connectivity index (χ3n) is 3.71. The molecule has 3 heterocycles. The smallest absolute Gasteiger partial charge is 0.326 e. The molecular weight excluding hydrogens is 414 g/mol. The number of aryl methyl sites for hydroxylation is 3. The molecule has 13 heteroatoms. The maximum atomic E-state index is 10.8. The average molecular weight is 435 g/mol. The van der Waals surface area contributed by atoms with Crippen LogP contribution >= 0.6 is 0 Å². The summed E-state index contributed by atoms with van der Waals surface area (Å²) < 4.78 is 3.71. The minimum atomic E-state index is -0.755. The van der Waals surface area contributed by atoms with E-state index >= 15 is 0 Å². The lowest BCUT2D eigenvalue weighted by Gasteiger charge is -1.99. The van der Waals surface area contributed by atoms with Gasteiger partial charge in [-0.2, -0.15) is 0 Å². The van der Waals surface area contributed by atoms with Crippen LogP contribution in [0.5, 0.6) is 17.2 Å². The quantitative estimate of drug-likeness (QED) is 0.294. The molecule has 3 aromatic heterocycles. The van der Waals surface area contributed by atoms with Gasteiger partial charge in [0.25, 0.3) is 16.7 Å². The molecular formula is C18H21N5O8. The maximum Gasteiger partial charge on any atom is 0.326 e. The van der Waals surface area contributed by atoms with E-state index in [-0.39, 0.29) is 28.3 Å².